The highest BCUT2D eigenvalue weighted by Crippen LogP contribution is 2.41. The summed E-state index contributed by atoms with van der Waals surface area (Å²) in [5.74, 6) is 0. The minimum Gasteiger partial charge on any atom is -0.170 e. The normalized spacial score (nSPS) is 12.5. The van der Waals surface area contributed by atoms with Gasteiger partial charge in [-0.25, -0.2) is 0 Å². The van der Waals surface area contributed by atoms with Crippen molar-refractivity contribution in [3.05, 3.63) is 58.7 Å². The molecule has 0 nitrogen and oxygen atoms in total. The summed E-state index contributed by atoms with van der Waals surface area (Å²) in [7, 11) is 0. The first-order valence-electron chi connectivity index (χ1n) is 7.29. The van der Waals surface area contributed by atoms with Gasteiger partial charge in [0.2, 0.25) is 0 Å². The molecule has 118 valence electrons. The molecule has 0 aliphatic carbocycles. The van der Waals surface area contributed by atoms with Gasteiger partial charge in [0.05, 0.1) is 5.41 Å². The predicted octanol–water partition coefficient (Wildman–Crippen LogP) is 6.12. The van der Waals surface area contributed by atoms with Crippen LogP contribution in [0, 0.1) is 20.8 Å². The molecule has 0 heterocycles. The lowest BCUT2D eigenvalue weighted by atomic mass is 9.82. The molecule has 0 aliphatic heterocycles. The first-order valence-corrected chi connectivity index (χ1v) is 7.29. The van der Waals surface area contributed by atoms with Gasteiger partial charge in [0.25, 0.3) is 0 Å². The van der Waals surface area contributed by atoms with Crippen LogP contribution < -0.4 is 0 Å². The molecular weight excluding hydrogens is 285 g/mol. The quantitative estimate of drug-likeness (QED) is 0.627. The third-order valence-corrected chi connectivity index (χ3v) is 4.47. The average molecular weight is 306 g/mol. The molecule has 0 N–H and O–H groups in total. The van der Waals surface area contributed by atoms with Gasteiger partial charge in [0.15, 0.2) is 0 Å². The fourth-order valence-corrected chi connectivity index (χ4v) is 2.45. The molecule has 0 radical (unpaired) electrons. The summed E-state index contributed by atoms with van der Waals surface area (Å²) >= 11 is 0. The largest absolute Gasteiger partial charge is 0.397 e. The van der Waals surface area contributed by atoms with Crippen LogP contribution in [0.2, 0.25) is 0 Å². The van der Waals surface area contributed by atoms with Crippen molar-refractivity contribution in [2.45, 2.75) is 46.2 Å². The van der Waals surface area contributed by atoms with E-state index >= 15 is 0 Å². The second-order valence-corrected chi connectivity index (χ2v) is 6.45. The van der Waals surface area contributed by atoms with Crippen LogP contribution in [-0.2, 0) is 5.41 Å². The van der Waals surface area contributed by atoms with E-state index in [-0.39, 0.29) is 0 Å². The van der Waals surface area contributed by atoms with E-state index in [1.165, 1.54) is 25.0 Å². The third kappa shape index (κ3) is 2.90. The van der Waals surface area contributed by atoms with E-state index < -0.39 is 11.6 Å². The van der Waals surface area contributed by atoms with Crippen LogP contribution in [0.4, 0.5) is 13.2 Å². The summed E-state index contributed by atoms with van der Waals surface area (Å²) in [6.45, 7) is 8.38. The van der Waals surface area contributed by atoms with E-state index in [4.69, 9.17) is 0 Å². The second-order valence-electron chi connectivity index (χ2n) is 6.45. The molecule has 0 aromatic heterocycles. The van der Waals surface area contributed by atoms with E-state index in [1.54, 1.807) is 18.2 Å². The number of alkyl halides is 3. The zero-order valence-electron chi connectivity index (χ0n) is 13.6. The van der Waals surface area contributed by atoms with Crippen molar-refractivity contribution in [2.75, 3.05) is 0 Å². The van der Waals surface area contributed by atoms with E-state index in [1.807, 2.05) is 32.9 Å². The van der Waals surface area contributed by atoms with Crippen molar-refractivity contribution < 1.29 is 13.2 Å². The molecule has 0 unspecified atom stereocenters. The fraction of sp³-hybridized carbons (Fsp3) is 0.368. The molecule has 0 atom stereocenters. The summed E-state index contributed by atoms with van der Waals surface area (Å²) < 4.78 is 39.5. The molecule has 3 heteroatoms. The van der Waals surface area contributed by atoms with Gasteiger partial charge in [-0.2, -0.15) is 13.2 Å². The zero-order chi connectivity index (χ0) is 16.7. The van der Waals surface area contributed by atoms with Gasteiger partial charge in [-0.3, -0.25) is 0 Å². The SMILES string of the molecule is Cc1ccc(-c2ccc(C(C)(C)C(F)(F)F)cc2C)cc1C. The molecule has 0 fully saturated rings. The zero-order valence-corrected chi connectivity index (χ0v) is 13.6. The Morgan fingerprint density at radius 2 is 1.36 bits per heavy atom. The Balaban J connectivity index is 2.49. The van der Waals surface area contributed by atoms with Crippen molar-refractivity contribution in [1.29, 1.82) is 0 Å². The lowest BCUT2D eigenvalue weighted by molar-refractivity contribution is -0.180. The molecule has 0 saturated carbocycles. The summed E-state index contributed by atoms with van der Waals surface area (Å²) in [5, 5.41) is 0. The Hall–Kier alpha value is -1.77. The van der Waals surface area contributed by atoms with E-state index in [2.05, 4.69) is 6.07 Å². The average Bonchev–Trinajstić information content (AvgIpc) is 2.40. The van der Waals surface area contributed by atoms with Crippen LogP contribution in [0.25, 0.3) is 11.1 Å². The topological polar surface area (TPSA) is 0 Å². The highest BCUT2D eigenvalue weighted by Gasteiger charge is 2.48. The Morgan fingerprint density at radius 3 is 1.86 bits per heavy atom. The maximum absolute atomic E-state index is 13.2. The monoisotopic (exact) mass is 306 g/mol. The van der Waals surface area contributed by atoms with Crippen LogP contribution in [0.3, 0.4) is 0 Å². The number of halogens is 3. The predicted molar refractivity (Wildman–Crippen MR) is 85.2 cm³/mol. The van der Waals surface area contributed by atoms with E-state index in [0.717, 1.165) is 16.7 Å². The molecule has 2 aromatic carbocycles. The van der Waals surface area contributed by atoms with Gasteiger partial charge < -0.3 is 0 Å². The van der Waals surface area contributed by atoms with E-state index in [0.29, 0.717) is 5.56 Å². The van der Waals surface area contributed by atoms with Crippen LogP contribution in [0.1, 0.15) is 36.1 Å². The summed E-state index contributed by atoms with van der Waals surface area (Å²) in [4.78, 5) is 0. The maximum Gasteiger partial charge on any atom is 0.397 e. The van der Waals surface area contributed by atoms with Crippen LogP contribution in [-0.4, -0.2) is 6.18 Å². The highest BCUT2D eigenvalue weighted by atomic mass is 19.4. The van der Waals surface area contributed by atoms with Crippen molar-refractivity contribution in [3.8, 4) is 11.1 Å². The second kappa shape index (κ2) is 5.45. The molecule has 2 aromatic rings. The molecule has 0 amide bonds. The van der Waals surface area contributed by atoms with Crippen molar-refractivity contribution in [2.24, 2.45) is 0 Å². The Kier molecular flexibility index (Phi) is 4.12. The minimum absolute atomic E-state index is 0.296. The lowest BCUT2D eigenvalue weighted by Gasteiger charge is -2.29. The molecular formula is C19H21F3. The van der Waals surface area contributed by atoms with Crippen molar-refractivity contribution in [3.63, 3.8) is 0 Å². The Labute approximate surface area is 130 Å². The third-order valence-electron chi connectivity index (χ3n) is 4.47. The van der Waals surface area contributed by atoms with Gasteiger partial charge in [0.1, 0.15) is 0 Å². The number of hydrogen-bond donors (Lipinski definition) is 0. The minimum atomic E-state index is -4.26. The van der Waals surface area contributed by atoms with Gasteiger partial charge in [-0.1, -0.05) is 36.4 Å². The first-order chi connectivity index (χ1) is 10.0. The lowest BCUT2D eigenvalue weighted by Crippen LogP contribution is -2.36. The molecule has 0 aliphatic rings. The van der Waals surface area contributed by atoms with Crippen molar-refractivity contribution in [1.82, 2.24) is 0 Å². The van der Waals surface area contributed by atoms with Gasteiger partial charge in [-0.05, 0) is 68.0 Å². The van der Waals surface area contributed by atoms with E-state index in [9.17, 15) is 13.2 Å². The summed E-state index contributed by atoms with van der Waals surface area (Å²) in [5.41, 5.74) is 3.71. The molecule has 22 heavy (non-hydrogen) atoms. The molecule has 0 saturated heterocycles. The number of rotatable bonds is 2. The van der Waals surface area contributed by atoms with Gasteiger partial charge in [-0.15, -0.1) is 0 Å². The molecule has 2 rings (SSSR count). The van der Waals surface area contributed by atoms with Crippen LogP contribution in [0.15, 0.2) is 36.4 Å². The number of hydrogen-bond acceptors (Lipinski definition) is 0. The number of benzene rings is 2. The standard InChI is InChI=1S/C19H21F3/c1-12-6-7-15(10-13(12)2)17-9-8-16(11-14(17)3)18(4,5)19(20,21)22/h6-11H,1-5H3. The molecule has 0 spiro atoms. The molecule has 0 bridgehead atoms. The van der Waals surface area contributed by atoms with Gasteiger partial charge in [0, 0.05) is 0 Å². The highest BCUT2D eigenvalue weighted by molar-refractivity contribution is 5.69. The maximum atomic E-state index is 13.2. The van der Waals surface area contributed by atoms with Crippen LogP contribution in [0.5, 0.6) is 0 Å². The Morgan fingerprint density at radius 1 is 0.727 bits per heavy atom. The van der Waals surface area contributed by atoms with Crippen LogP contribution >= 0.6 is 0 Å². The summed E-state index contributed by atoms with van der Waals surface area (Å²) in [6, 6.07) is 11.2. The summed E-state index contributed by atoms with van der Waals surface area (Å²) in [6.07, 6.45) is -4.26. The fourth-order valence-electron chi connectivity index (χ4n) is 2.45. The number of aryl methyl sites for hydroxylation is 3. The smallest absolute Gasteiger partial charge is 0.170 e. The first kappa shape index (κ1) is 16.6. The van der Waals surface area contributed by atoms with Gasteiger partial charge >= 0.3 is 6.18 Å². The van der Waals surface area contributed by atoms with Crippen molar-refractivity contribution >= 4 is 0 Å². The Bertz CT molecular complexity index is 694.